The minimum atomic E-state index is -0.411. The Hall–Kier alpha value is -4.13. The number of H-pyrrole nitrogens is 1. The lowest BCUT2D eigenvalue weighted by atomic mass is 9.83. The molecule has 0 radical (unpaired) electrons. The molecule has 7 nitrogen and oxygen atoms in total. The van der Waals surface area contributed by atoms with Crippen molar-refractivity contribution >= 4 is 28.5 Å². The third-order valence-electron chi connectivity index (χ3n) is 6.80. The van der Waals surface area contributed by atoms with Crippen LogP contribution in [0.4, 0.5) is 5.69 Å². The Morgan fingerprint density at radius 2 is 1.83 bits per heavy atom. The molecule has 2 N–H and O–H groups in total. The van der Waals surface area contributed by atoms with E-state index in [1.807, 2.05) is 79.7 Å². The van der Waals surface area contributed by atoms with Gasteiger partial charge >= 0.3 is 0 Å². The fourth-order valence-corrected chi connectivity index (χ4v) is 4.92. The van der Waals surface area contributed by atoms with Crippen LogP contribution in [0.5, 0.6) is 5.75 Å². The molecular formula is C29H30N4O3. The predicted octanol–water partition coefficient (Wildman–Crippen LogP) is 4.72. The maximum absolute atomic E-state index is 13.5. The number of methoxy groups -OCH3 is 1. The van der Waals surface area contributed by atoms with Gasteiger partial charge in [0.15, 0.2) is 0 Å². The summed E-state index contributed by atoms with van der Waals surface area (Å²) in [6.45, 7) is 2.48. The van der Waals surface area contributed by atoms with E-state index in [4.69, 9.17) is 4.74 Å². The fourth-order valence-electron chi connectivity index (χ4n) is 4.92. The molecule has 1 aromatic heterocycles. The Balaban J connectivity index is 1.38. The molecule has 5 rings (SSSR count). The van der Waals surface area contributed by atoms with Crippen LogP contribution in [0.2, 0.25) is 0 Å². The number of nitrogens with one attached hydrogen (secondary N) is 2. The van der Waals surface area contributed by atoms with Crippen LogP contribution in [-0.4, -0.2) is 35.4 Å². The summed E-state index contributed by atoms with van der Waals surface area (Å²) in [4.78, 5) is 36.4. The van der Waals surface area contributed by atoms with Crippen molar-refractivity contribution in [3.05, 3.63) is 89.7 Å². The Kier molecular flexibility index (Phi) is 6.71. The number of ether oxygens (including phenoxy) is 1. The molecule has 2 amide bonds. The van der Waals surface area contributed by atoms with E-state index in [1.165, 1.54) is 0 Å². The third kappa shape index (κ3) is 4.82. The van der Waals surface area contributed by atoms with E-state index in [0.717, 1.165) is 39.4 Å². The highest BCUT2D eigenvalue weighted by molar-refractivity contribution is 5.97. The molecule has 1 aliphatic rings. The SMILES string of the molecule is COc1ccc(C2C(C(=O)NCCc3nc4ccccc4[nH]3)CCC(=O)N2c2ccc(C)cc2)cc1. The number of rotatable bonds is 7. The lowest BCUT2D eigenvalue weighted by Crippen LogP contribution is -2.48. The predicted molar refractivity (Wildman–Crippen MR) is 140 cm³/mol. The topological polar surface area (TPSA) is 87.3 Å². The van der Waals surface area contributed by atoms with Gasteiger partial charge in [-0.15, -0.1) is 0 Å². The number of anilines is 1. The molecule has 1 fully saturated rings. The molecule has 2 atom stereocenters. The Labute approximate surface area is 210 Å². The zero-order chi connectivity index (χ0) is 25.1. The summed E-state index contributed by atoms with van der Waals surface area (Å²) < 4.78 is 5.32. The van der Waals surface area contributed by atoms with Gasteiger partial charge in [0.1, 0.15) is 11.6 Å². The molecule has 0 aliphatic carbocycles. The number of fused-ring (bicyclic) bond motifs is 1. The first kappa shape index (κ1) is 23.6. The second-order valence-corrected chi connectivity index (χ2v) is 9.20. The number of para-hydroxylation sites is 2. The summed E-state index contributed by atoms with van der Waals surface area (Å²) in [5.74, 6) is 1.15. The maximum Gasteiger partial charge on any atom is 0.227 e. The number of amides is 2. The fraction of sp³-hybridized carbons (Fsp3) is 0.276. The summed E-state index contributed by atoms with van der Waals surface area (Å²) in [6.07, 6.45) is 1.41. The van der Waals surface area contributed by atoms with Crippen molar-refractivity contribution in [1.29, 1.82) is 0 Å². The van der Waals surface area contributed by atoms with Gasteiger partial charge in [0.05, 0.1) is 30.1 Å². The average Bonchev–Trinajstić information content (AvgIpc) is 3.32. The van der Waals surface area contributed by atoms with Crippen LogP contribution in [0.25, 0.3) is 11.0 Å². The first-order chi connectivity index (χ1) is 17.5. The van der Waals surface area contributed by atoms with Crippen LogP contribution in [0, 0.1) is 12.8 Å². The van der Waals surface area contributed by atoms with E-state index < -0.39 is 6.04 Å². The van der Waals surface area contributed by atoms with Gasteiger partial charge in [-0.3, -0.25) is 9.59 Å². The van der Waals surface area contributed by atoms with Gasteiger partial charge in [-0.25, -0.2) is 4.98 Å². The number of carbonyl (C=O) groups is 2. The Morgan fingerprint density at radius 1 is 1.08 bits per heavy atom. The van der Waals surface area contributed by atoms with Crippen molar-refractivity contribution < 1.29 is 14.3 Å². The molecule has 4 aromatic rings. The van der Waals surface area contributed by atoms with Crippen molar-refractivity contribution in [3.8, 4) is 5.75 Å². The second kappa shape index (κ2) is 10.2. The molecular weight excluding hydrogens is 452 g/mol. The third-order valence-corrected chi connectivity index (χ3v) is 6.80. The van der Waals surface area contributed by atoms with Gasteiger partial charge < -0.3 is 19.9 Å². The molecule has 2 unspecified atom stereocenters. The highest BCUT2D eigenvalue weighted by atomic mass is 16.5. The monoisotopic (exact) mass is 482 g/mol. The van der Waals surface area contributed by atoms with Crippen LogP contribution in [0.15, 0.2) is 72.8 Å². The Morgan fingerprint density at radius 3 is 2.56 bits per heavy atom. The highest BCUT2D eigenvalue weighted by Crippen LogP contribution is 2.40. The summed E-state index contributed by atoms with van der Waals surface area (Å²) in [6, 6.07) is 23.0. The molecule has 0 bridgehead atoms. The maximum atomic E-state index is 13.5. The van der Waals surface area contributed by atoms with Crippen LogP contribution >= 0.6 is 0 Å². The van der Waals surface area contributed by atoms with Crippen LogP contribution in [0.3, 0.4) is 0 Å². The first-order valence-corrected chi connectivity index (χ1v) is 12.3. The van der Waals surface area contributed by atoms with Crippen molar-refractivity contribution in [3.63, 3.8) is 0 Å². The quantitative estimate of drug-likeness (QED) is 0.399. The number of hydrogen-bond acceptors (Lipinski definition) is 4. The summed E-state index contributed by atoms with van der Waals surface area (Å²) >= 11 is 0. The summed E-state index contributed by atoms with van der Waals surface area (Å²) in [5, 5.41) is 3.10. The van der Waals surface area contributed by atoms with Crippen molar-refractivity contribution in [2.45, 2.75) is 32.2 Å². The number of piperidine rings is 1. The van der Waals surface area contributed by atoms with Crippen molar-refractivity contribution in [2.24, 2.45) is 5.92 Å². The van der Waals surface area contributed by atoms with Crippen molar-refractivity contribution in [1.82, 2.24) is 15.3 Å². The largest absolute Gasteiger partial charge is 0.497 e. The number of carbonyl (C=O) groups excluding carboxylic acids is 2. The molecule has 3 aromatic carbocycles. The van der Waals surface area contributed by atoms with E-state index in [-0.39, 0.29) is 17.7 Å². The smallest absolute Gasteiger partial charge is 0.227 e. The minimum Gasteiger partial charge on any atom is -0.497 e. The van der Waals surface area contributed by atoms with Crippen molar-refractivity contribution in [2.75, 3.05) is 18.6 Å². The van der Waals surface area contributed by atoms with E-state index in [9.17, 15) is 9.59 Å². The van der Waals surface area contributed by atoms with Gasteiger partial charge in [-0.1, -0.05) is 42.0 Å². The summed E-state index contributed by atoms with van der Waals surface area (Å²) in [5.41, 5.74) is 4.72. The number of hydrogen-bond donors (Lipinski definition) is 2. The molecule has 0 saturated carbocycles. The van der Waals surface area contributed by atoms with E-state index >= 15 is 0 Å². The molecule has 36 heavy (non-hydrogen) atoms. The lowest BCUT2D eigenvalue weighted by Gasteiger charge is -2.41. The standard InChI is InChI=1S/C29H30N4O3/c1-19-7-11-21(12-8-19)33-27(34)16-15-23(28(33)20-9-13-22(36-2)14-10-20)29(35)30-18-17-26-31-24-5-3-4-6-25(24)32-26/h3-14,23,28H,15-18H2,1-2H3,(H,30,35)(H,31,32). The van der Waals surface area contributed by atoms with E-state index in [0.29, 0.717) is 25.8 Å². The second-order valence-electron chi connectivity index (χ2n) is 9.20. The molecule has 7 heteroatoms. The van der Waals surface area contributed by atoms with Gasteiger partial charge in [0, 0.05) is 25.1 Å². The number of nitrogens with zero attached hydrogens (tertiary/aromatic N) is 2. The molecule has 1 saturated heterocycles. The number of aromatic nitrogens is 2. The van der Waals surface area contributed by atoms with Crippen LogP contribution in [0.1, 0.15) is 35.8 Å². The number of aryl methyl sites for hydroxylation is 1. The lowest BCUT2D eigenvalue weighted by molar-refractivity contribution is -0.129. The molecule has 2 heterocycles. The van der Waals surface area contributed by atoms with Gasteiger partial charge in [0.25, 0.3) is 0 Å². The highest BCUT2D eigenvalue weighted by Gasteiger charge is 2.41. The molecule has 1 aliphatic heterocycles. The number of aromatic amines is 1. The Bertz CT molecular complexity index is 1330. The first-order valence-electron chi connectivity index (χ1n) is 12.3. The zero-order valence-corrected chi connectivity index (χ0v) is 20.5. The molecule has 0 spiro atoms. The van der Waals surface area contributed by atoms with Crippen LogP contribution in [-0.2, 0) is 16.0 Å². The average molecular weight is 483 g/mol. The van der Waals surface area contributed by atoms with Gasteiger partial charge in [0.2, 0.25) is 11.8 Å². The molecule has 184 valence electrons. The summed E-state index contributed by atoms with van der Waals surface area (Å²) in [7, 11) is 1.62. The number of imidazole rings is 1. The van der Waals surface area contributed by atoms with Crippen LogP contribution < -0.4 is 15.0 Å². The minimum absolute atomic E-state index is 0.0194. The normalized spacial score (nSPS) is 17.8. The van der Waals surface area contributed by atoms with E-state index in [2.05, 4.69) is 15.3 Å². The number of benzene rings is 3. The van der Waals surface area contributed by atoms with Gasteiger partial charge in [-0.05, 0) is 55.3 Å². The van der Waals surface area contributed by atoms with E-state index in [1.54, 1.807) is 12.0 Å². The van der Waals surface area contributed by atoms with Gasteiger partial charge in [-0.2, -0.15) is 0 Å². The zero-order valence-electron chi connectivity index (χ0n) is 20.5.